The first-order chi connectivity index (χ1) is 16.8. The third kappa shape index (κ3) is 5.70. The zero-order chi connectivity index (χ0) is 24.9. The van der Waals surface area contributed by atoms with Gasteiger partial charge in [-0.25, -0.2) is 0 Å². The van der Waals surface area contributed by atoms with E-state index in [2.05, 4.69) is 15.3 Å². The molecule has 0 aliphatic carbocycles. The van der Waals surface area contributed by atoms with Crippen LogP contribution in [-0.2, 0) is 16.1 Å². The zero-order valence-electron chi connectivity index (χ0n) is 19.2. The monoisotopic (exact) mass is 493 g/mol. The number of pyridine rings is 1. The van der Waals surface area contributed by atoms with Gasteiger partial charge in [0.2, 0.25) is 29.5 Å². The summed E-state index contributed by atoms with van der Waals surface area (Å²) in [7, 11) is 1.54. The molecule has 3 aromatic rings. The number of amides is 2. The Labute approximate surface area is 207 Å². The van der Waals surface area contributed by atoms with Crippen molar-refractivity contribution in [2.24, 2.45) is 16.6 Å². The molecular formula is C25H24ClN5O4. The molecular weight excluding hydrogens is 470 g/mol. The van der Waals surface area contributed by atoms with Crippen molar-refractivity contribution >= 4 is 35.1 Å². The number of halogens is 1. The molecule has 0 bridgehead atoms. The molecule has 2 heterocycles. The molecule has 0 saturated carbocycles. The number of nitrogens with two attached hydrogens (primary N) is 1. The molecule has 10 heteroatoms. The number of aliphatic imine (C=N–C) groups is 1. The Bertz CT molecular complexity index is 1280. The number of methoxy groups -OCH3 is 1. The Morgan fingerprint density at radius 3 is 2.60 bits per heavy atom. The van der Waals surface area contributed by atoms with E-state index in [1.807, 2.05) is 25.1 Å². The van der Waals surface area contributed by atoms with Gasteiger partial charge in [-0.15, -0.1) is 0 Å². The highest BCUT2D eigenvalue weighted by molar-refractivity contribution is 6.30. The van der Waals surface area contributed by atoms with E-state index in [0.717, 1.165) is 11.1 Å². The van der Waals surface area contributed by atoms with E-state index < -0.39 is 17.7 Å². The van der Waals surface area contributed by atoms with Crippen molar-refractivity contribution in [1.82, 2.24) is 9.88 Å². The van der Waals surface area contributed by atoms with Gasteiger partial charge in [-0.2, -0.15) is 4.98 Å². The molecule has 3 N–H and O–H groups in total. The van der Waals surface area contributed by atoms with Crippen LogP contribution in [0.2, 0.25) is 5.02 Å². The minimum atomic E-state index is -1.01. The molecule has 0 fully saturated rings. The van der Waals surface area contributed by atoms with Crippen LogP contribution in [0, 0.1) is 12.8 Å². The van der Waals surface area contributed by atoms with Gasteiger partial charge in [0.25, 0.3) is 0 Å². The number of benzene rings is 2. The standard InChI is InChI=1S/C25H24ClN5O4/c1-15-12-18(10-11-20(15)35-22-5-3-4-21(30-22)34-2)29-25-28-13-19(23(27)32)24(33)31(25)14-16-6-8-17(26)9-7-16/h3-12,19H,13-14H2,1-2H3,(H2,27,32)(H,28,29). The highest BCUT2D eigenvalue weighted by atomic mass is 35.5. The number of nitrogens with zero attached hydrogens (tertiary/aromatic N) is 3. The molecule has 2 amide bonds. The zero-order valence-corrected chi connectivity index (χ0v) is 20.0. The number of ether oxygens (including phenoxy) is 2. The van der Waals surface area contributed by atoms with E-state index in [0.29, 0.717) is 34.2 Å². The third-order valence-electron chi connectivity index (χ3n) is 5.39. The highest BCUT2D eigenvalue weighted by Crippen LogP contribution is 2.28. The smallest absolute Gasteiger partial charge is 0.244 e. The fourth-order valence-corrected chi connectivity index (χ4v) is 3.65. The molecule has 35 heavy (non-hydrogen) atoms. The Hall–Kier alpha value is -4.11. The molecule has 0 saturated heterocycles. The highest BCUT2D eigenvalue weighted by Gasteiger charge is 2.35. The normalized spacial score (nSPS) is 15.4. The number of anilines is 1. The molecule has 1 aromatic heterocycles. The number of primary amides is 1. The van der Waals surface area contributed by atoms with E-state index in [1.54, 1.807) is 49.6 Å². The van der Waals surface area contributed by atoms with Crippen molar-refractivity contribution in [1.29, 1.82) is 0 Å². The third-order valence-corrected chi connectivity index (χ3v) is 5.65. The second-order valence-corrected chi connectivity index (χ2v) is 8.33. The lowest BCUT2D eigenvalue weighted by Crippen LogP contribution is -2.51. The van der Waals surface area contributed by atoms with Crippen LogP contribution < -0.4 is 20.5 Å². The fourth-order valence-electron chi connectivity index (χ4n) is 3.53. The summed E-state index contributed by atoms with van der Waals surface area (Å²) in [6.07, 6.45) is 0. The maximum atomic E-state index is 13.1. The number of aromatic nitrogens is 1. The maximum absolute atomic E-state index is 13.1. The van der Waals surface area contributed by atoms with Crippen LogP contribution in [-0.4, -0.2) is 41.3 Å². The van der Waals surface area contributed by atoms with Gasteiger partial charge in [-0.1, -0.05) is 29.8 Å². The minimum Gasteiger partial charge on any atom is -0.481 e. The average Bonchev–Trinajstić information content (AvgIpc) is 2.84. The first-order valence-electron chi connectivity index (χ1n) is 10.8. The summed E-state index contributed by atoms with van der Waals surface area (Å²) in [4.78, 5) is 35.0. The lowest BCUT2D eigenvalue weighted by atomic mass is 10.1. The van der Waals surface area contributed by atoms with Crippen LogP contribution in [0.3, 0.4) is 0 Å². The van der Waals surface area contributed by atoms with E-state index in [9.17, 15) is 9.59 Å². The number of carbonyl (C=O) groups is 2. The number of aryl methyl sites for hydroxylation is 1. The van der Waals surface area contributed by atoms with Gasteiger partial charge >= 0.3 is 0 Å². The van der Waals surface area contributed by atoms with Gasteiger partial charge in [0, 0.05) is 22.8 Å². The SMILES string of the molecule is COc1cccc(Oc2ccc(NC3=NCC(C(N)=O)C(=O)N3Cc3ccc(Cl)cc3)cc2C)n1. The van der Waals surface area contributed by atoms with Crippen molar-refractivity contribution in [3.8, 4) is 17.5 Å². The first-order valence-corrected chi connectivity index (χ1v) is 11.2. The molecule has 9 nitrogen and oxygen atoms in total. The van der Waals surface area contributed by atoms with Gasteiger partial charge < -0.3 is 20.5 Å². The summed E-state index contributed by atoms with van der Waals surface area (Å²) in [6.45, 7) is 2.08. The molecule has 180 valence electrons. The summed E-state index contributed by atoms with van der Waals surface area (Å²) >= 11 is 5.98. The predicted octanol–water partition coefficient (Wildman–Crippen LogP) is 3.76. The van der Waals surface area contributed by atoms with Crippen molar-refractivity contribution in [3.63, 3.8) is 0 Å². The van der Waals surface area contributed by atoms with E-state index in [1.165, 1.54) is 4.90 Å². The summed E-state index contributed by atoms with van der Waals surface area (Å²) in [6, 6.07) is 17.8. The minimum absolute atomic E-state index is 0.0185. The number of nitrogens with one attached hydrogen (secondary N) is 1. The van der Waals surface area contributed by atoms with Crippen molar-refractivity contribution in [2.45, 2.75) is 13.5 Å². The second kappa shape index (κ2) is 10.4. The Morgan fingerprint density at radius 2 is 1.91 bits per heavy atom. The van der Waals surface area contributed by atoms with E-state index >= 15 is 0 Å². The largest absolute Gasteiger partial charge is 0.481 e. The maximum Gasteiger partial charge on any atom is 0.244 e. The molecule has 0 radical (unpaired) electrons. The molecule has 2 aromatic carbocycles. The molecule has 4 rings (SSSR count). The Balaban J connectivity index is 1.55. The Kier molecular flexibility index (Phi) is 7.17. The first kappa shape index (κ1) is 24.0. The molecule has 1 atom stereocenters. The van der Waals surface area contributed by atoms with Crippen LogP contribution in [0.4, 0.5) is 5.69 Å². The number of hydrogen-bond acceptors (Lipinski definition) is 7. The summed E-state index contributed by atoms with van der Waals surface area (Å²) in [5.41, 5.74) is 7.78. The van der Waals surface area contributed by atoms with Crippen LogP contribution in [0.25, 0.3) is 0 Å². The molecule has 1 aliphatic heterocycles. The summed E-state index contributed by atoms with van der Waals surface area (Å²) in [5, 5.41) is 3.77. The van der Waals surface area contributed by atoms with Gasteiger partial charge in [-0.05, 0) is 48.4 Å². The average molecular weight is 494 g/mol. The summed E-state index contributed by atoms with van der Waals surface area (Å²) < 4.78 is 11.0. The van der Waals surface area contributed by atoms with Gasteiger partial charge in [0.05, 0.1) is 20.2 Å². The van der Waals surface area contributed by atoms with Crippen molar-refractivity contribution < 1.29 is 19.1 Å². The van der Waals surface area contributed by atoms with Crippen molar-refractivity contribution in [3.05, 3.63) is 76.8 Å². The number of hydrogen-bond donors (Lipinski definition) is 2. The topological polar surface area (TPSA) is 119 Å². The molecule has 0 spiro atoms. The predicted molar refractivity (Wildman–Crippen MR) is 133 cm³/mol. The van der Waals surface area contributed by atoms with Crippen LogP contribution in [0.5, 0.6) is 17.5 Å². The number of guanidine groups is 1. The van der Waals surface area contributed by atoms with Crippen LogP contribution in [0.1, 0.15) is 11.1 Å². The van der Waals surface area contributed by atoms with Crippen LogP contribution >= 0.6 is 11.6 Å². The molecule has 1 unspecified atom stereocenters. The van der Waals surface area contributed by atoms with E-state index in [4.69, 9.17) is 26.8 Å². The van der Waals surface area contributed by atoms with Gasteiger partial charge in [0.15, 0.2) is 0 Å². The van der Waals surface area contributed by atoms with Crippen LogP contribution in [0.15, 0.2) is 65.7 Å². The molecule has 1 aliphatic rings. The van der Waals surface area contributed by atoms with Gasteiger partial charge in [-0.3, -0.25) is 19.5 Å². The van der Waals surface area contributed by atoms with Gasteiger partial charge in [0.1, 0.15) is 11.7 Å². The lowest BCUT2D eigenvalue weighted by molar-refractivity contribution is -0.138. The number of rotatable bonds is 7. The Morgan fingerprint density at radius 1 is 1.17 bits per heavy atom. The fraction of sp³-hybridized carbons (Fsp3) is 0.200. The van der Waals surface area contributed by atoms with E-state index in [-0.39, 0.29) is 13.1 Å². The summed E-state index contributed by atoms with van der Waals surface area (Å²) in [5.74, 6) is -0.334. The second-order valence-electron chi connectivity index (χ2n) is 7.90. The lowest BCUT2D eigenvalue weighted by Gasteiger charge is -2.31. The quantitative estimate of drug-likeness (QED) is 0.484. The van der Waals surface area contributed by atoms with Crippen molar-refractivity contribution in [2.75, 3.05) is 19.0 Å². The number of carbonyl (C=O) groups excluding carboxylic acids is 2.